The molecule has 0 atom stereocenters. The fourth-order valence-electron chi connectivity index (χ4n) is 3.01. The van der Waals surface area contributed by atoms with E-state index in [0.29, 0.717) is 49.5 Å². The molecule has 1 aliphatic heterocycles. The smallest absolute Gasteiger partial charge is 0.444 e. The number of anilines is 1. The Balaban J connectivity index is 2.08. The maximum absolute atomic E-state index is 13.0. The molecule has 0 bridgehead atoms. The van der Waals surface area contributed by atoms with E-state index in [1.54, 1.807) is 24.8 Å². The van der Waals surface area contributed by atoms with Crippen molar-refractivity contribution in [3.05, 3.63) is 22.8 Å². The Morgan fingerprint density at radius 2 is 1.75 bits per heavy atom. The Morgan fingerprint density at radius 1 is 1.18 bits per heavy atom. The highest BCUT2D eigenvalue weighted by atomic mass is 32.3. The number of hydrogen-bond acceptors (Lipinski definition) is 7. The van der Waals surface area contributed by atoms with Gasteiger partial charge in [0.2, 0.25) is 0 Å². The number of rotatable bonds is 4. The second-order valence-corrected chi connectivity index (χ2v) is 8.88. The molecule has 1 amide bonds. The van der Waals surface area contributed by atoms with Crippen LogP contribution in [0.4, 0.5) is 14.4 Å². The summed E-state index contributed by atoms with van der Waals surface area (Å²) < 4.78 is 44.8. The highest BCUT2D eigenvalue weighted by molar-refractivity contribution is 7.81. The van der Waals surface area contributed by atoms with E-state index in [-0.39, 0.29) is 11.8 Å². The van der Waals surface area contributed by atoms with E-state index >= 15 is 0 Å². The zero-order valence-corrected chi connectivity index (χ0v) is 17.7. The van der Waals surface area contributed by atoms with Gasteiger partial charge in [-0.2, -0.15) is 8.42 Å². The molecule has 2 rings (SSSR count). The van der Waals surface area contributed by atoms with Crippen LogP contribution < -0.4 is 9.92 Å². The molecule has 0 saturated carbocycles. The van der Waals surface area contributed by atoms with Gasteiger partial charge in [0.1, 0.15) is 5.60 Å². The Labute approximate surface area is 165 Å². The number of nitrogen functional groups attached to an aromatic ring is 1. The lowest BCUT2D eigenvalue weighted by Gasteiger charge is -2.36. The second-order valence-electron chi connectivity index (χ2n) is 7.92. The first-order valence-electron chi connectivity index (χ1n) is 9.00. The molecule has 0 aliphatic carbocycles. The van der Waals surface area contributed by atoms with Crippen LogP contribution in [0, 0.1) is 13.8 Å². The van der Waals surface area contributed by atoms with Crippen LogP contribution in [0.3, 0.4) is 0 Å². The highest BCUT2D eigenvalue weighted by Crippen LogP contribution is 2.33. The van der Waals surface area contributed by atoms with Crippen LogP contribution in [-0.2, 0) is 21.8 Å². The molecule has 0 unspecified atom stereocenters. The van der Waals surface area contributed by atoms with Gasteiger partial charge in [0.05, 0.1) is 0 Å². The minimum Gasteiger partial charge on any atom is -0.444 e. The summed E-state index contributed by atoms with van der Waals surface area (Å²) in [4.78, 5) is 15.9. The molecule has 1 aromatic carbocycles. The molecule has 1 aliphatic rings. The molecule has 10 heteroatoms. The van der Waals surface area contributed by atoms with Gasteiger partial charge in [-0.15, -0.1) is 0 Å². The van der Waals surface area contributed by atoms with Crippen LogP contribution in [0.25, 0.3) is 0 Å². The van der Waals surface area contributed by atoms with Gasteiger partial charge >= 0.3 is 16.6 Å². The second kappa shape index (κ2) is 8.12. The minimum absolute atomic E-state index is 0.0788. The van der Waals surface area contributed by atoms with E-state index in [2.05, 4.69) is 9.08 Å². The highest BCUT2D eigenvalue weighted by Gasteiger charge is 2.27. The average Bonchev–Trinajstić information content (AvgIpc) is 2.55. The molecular weight excluding hydrogens is 389 g/mol. The van der Waals surface area contributed by atoms with Gasteiger partial charge < -0.3 is 19.6 Å². The summed E-state index contributed by atoms with van der Waals surface area (Å²) in [6.45, 7) is 11.4. The molecule has 158 valence electrons. The standard InChI is InChI=1S/C18H28FN3O5S/c1-12-14(10-15(20)13(2)16(12)27-28(19,24)25)11-21-6-8-22(9-7-21)17(23)26-18(3,4)5/h10H,6-9,11,20H2,1-5H3. The number of halogens is 1. The quantitative estimate of drug-likeness (QED) is 0.593. The zero-order chi connectivity index (χ0) is 21.3. The van der Waals surface area contributed by atoms with Gasteiger partial charge in [-0.3, -0.25) is 4.90 Å². The number of ether oxygens (including phenoxy) is 1. The topological polar surface area (TPSA) is 102 Å². The van der Waals surface area contributed by atoms with Gasteiger partial charge in [0.15, 0.2) is 5.75 Å². The van der Waals surface area contributed by atoms with Crippen LogP contribution in [0.2, 0.25) is 0 Å². The van der Waals surface area contributed by atoms with Crippen molar-refractivity contribution >= 4 is 22.3 Å². The van der Waals surface area contributed by atoms with Crippen molar-refractivity contribution in [1.82, 2.24) is 9.80 Å². The molecule has 1 fully saturated rings. The van der Waals surface area contributed by atoms with Crippen molar-refractivity contribution in [2.75, 3.05) is 31.9 Å². The number of carbonyl (C=O) groups is 1. The van der Waals surface area contributed by atoms with Crippen LogP contribution >= 0.6 is 0 Å². The minimum atomic E-state index is -5.15. The fraction of sp³-hybridized carbons (Fsp3) is 0.611. The molecule has 2 N–H and O–H groups in total. The summed E-state index contributed by atoms with van der Waals surface area (Å²) in [5.74, 6) is -0.0788. The summed E-state index contributed by atoms with van der Waals surface area (Å²) in [5, 5.41) is 0. The molecule has 28 heavy (non-hydrogen) atoms. The SMILES string of the molecule is Cc1c(N)cc(CN2CCN(C(=O)OC(C)(C)C)CC2)c(C)c1OS(=O)(=O)F. The Hall–Kier alpha value is -2.07. The largest absolute Gasteiger partial charge is 0.488 e. The van der Waals surface area contributed by atoms with Gasteiger partial charge in [0.25, 0.3) is 0 Å². The number of carbonyl (C=O) groups excluding carboxylic acids is 1. The fourth-order valence-corrected chi connectivity index (χ4v) is 3.46. The first-order chi connectivity index (χ1) is 12.8. The van der Waals surface area contributed by atoms with E-state index in [1.165, 1.54) is 0 Å². The Kier molecular flexibility index (Phi) is 6.44. The maximum Gasteiger partial charge on any atom is 0.488 e. The summed E-state index contributed by atoms with van der Waals surface area (Å²) >= 11 is 0. The molecule has 1 aromatic rings. The Morgan fingerprint density at radius 3 is 2.25 bits per heavy atom. The third kappa shape index (κ3) is 5.96. The third-order valence-electron chi connectivity index (χ3n) is 4.53. The van der Waals surface area contributed by atoms with Crippen LogP contribution in [0.5, 0.6) is 5.75 Å². The van der Waals surface area contributed by atoms with Crippen molar-refractivity contribution in [1.29, 1.82) is 0 Å². The van der Waals surface area contributed by atoms with E-state index in [1.807, 2.05) is 20.8 Å². The lowest BCUT2D eigenvalue weighted by Crippen LogP contribution is -2.49. The van der Waals surface area contributed by atoms with Crippen molar-refractivity contribution in [3.8, 4) is 5.75 Å². The predicted molar refractivity (Wildman–Crippen MR) is 104 cm³/mol. The summed E-state index contributed by atoms with van der Waals surface area (Å²) in [6.07, 6.45) is -0.341. The third-order valence-corrected chi connectivity index (χ3v) is 4.89. The maximum atomic E-state index is 13.0. The monoisotopic (exact) mass is 417 g/mol. The van der Waals surface area contributed by atoms with E-state index in [9.17, 15) is 17.1 Å². The lowest BCUT2D eigenvalue weighted by molar-refractivity contribution is 0.0139. The van der Waals surface area contributed by atoms with Gasteiger partial charge in [-0.1, -0.05) is 3.89 Å². The summed E-state index contributed by atoms with van der Waals surface area (Å²) in [7, 11) is -5.15. The molecule has 8 nitrogen and oxygen atoms in total. The first kappa shape index (κ1) is 22.2. The van der Waals surface area contributed by atoms with Crippen molar-refractivity contribution in [2.24, 2.45) is 0 Å². The average molecular weight is 418 g/mol. The number of nitrogens with zero attached hydrogens (tertiary/aromatic N) is 2. The molecule has 1 saturated heterocycles. The Bertz CT molecular complexity index is 844. The van der Waals surface area contributed by atoms with Crippen molar-refractivity contribution in [3.63, 3.8) is 0 Å². The molecule has 0 spiro atoms. The molecule has 0 aromatic heterocycles. The number of amides is 1. The summed E-state index contributed by atoms with van der Waals surface area (Å²) in [5.41, 5.74) is 7.36. The van der Waals surface area contributed by atoms with Crippen LogP contribution in [0.1, 0.15) is 37.5 Å². The molecular formula is C18H28FN3O5S. The van der Waals surface area contributed by atoms with Gasteiger partial charge in [-0.25, -0.2) is 4.79 Å². The predicted octanol–water partition coefficient (Wildman–Crippen LogP) is 2.53. The van der Waals surface area contributed by atoms with E-state index < -0.39 is 16.1 Å². The number of hydrogen-bond donors (Lipinski definition) is 1. The zero-order valence-electron chi connectivity index (χ0n) is 16.9. The normalized spacial score (nSPS) is 16.1. The molecule has 1 heterocycles. The molecule has 0 radical (unpaired) electrons. The van der Waals surface area contributed by atoms with Crippen LogP contribution in [0.15, 0.2) is 6.07 Å². The lowest BCUT2D eigenvalue weighted by atomic mass is 10.0. The number of nitrogens with two attached hydrogens (primary N) is 1. The van der Waals surface area contributed by atoms with Gasteiger partial charge in [0, 0.05) is 44.0 Å². The first-order valence-corrected chi connectivity index (χ1v) is 10.3. The van der Waals surface area contributed by atoms with Gasteiger partial charge in [-0.05, 0) is 51.8 Å². The van der Waals surface area contributed by atoms with Crippen molar-refractivity contribution < 1.29 is 26.0 Å². The van der Waals surface area contributed by atoms with E-state index in [0.717, 1.165) is 5.56 Å². The number of piperazine rings is 1. The number of benzene rings is 1. The van der Waals surface area contributed by atoms with E-state index in [4.69, 9.17) is 10.5 Å². The summed E-state index contributed by atoms with van der Waals surface area (Å²) in [6, 6.07) is 1.74. The van der Waals surface area contributed by atoms with Crippen LogP contribution in [-0.4, -0.2) is 56.1 Å². The van der Waals surface area contributed by atoms with Crippen molar-refractivity contribution in [2.45, 2.75) is 46.8 Å².